The van der Waals surface area contributed by atoms with Crippen molar-refractivity contribution in [2.24, 2.45) is 5.92 Å². The minimum absolute atomic E-state index is 0.0335. The summed E-state index contributed by atoms with van der Waals surface area (Å²) in [6.07, 6.45) is -0.257. The van der Waals surface area contributed by atoms with E-state index in [0.717, 1.165) is 17.1 Å². The van der Waals surface area contributed by atoms with Crippen molar-refractivity contribution in [1.29, 1.82) is 0 Å². The molecule has 0 aliphatic carbocycles. The van der Waals surface area contributed by atoms with Crippen LogP contribution in [0.1, 0.15) is 41.2 Å². The number of urea groups is 1. The normalized spacial score (nSPS) is 17.0. The van der Waals surface area contributed by atoms with Gasteiger partial charge in [-0.15, -0.1) is 0 Å². The molecular weight excluding hydrogens is 586 g/mol. The molecule has 3 N–H and O–H groups in total. The molecule has 0 unspecified atom stereocenters. The number of rotatable bonds is 10. The number of anilines is 2. The van der Waals surface area contributed by atoms with E-state index < -0.39 is 12.1 Å². The van der Waals surface area contributed by atoms with Gasteiger partial charge in [0, 0.05) is 31.2 Å². The number of aliphatic hydroxyl groups excluding tert-OH is 1. The first-order valence-corrected chi connectivity index (χ1v) is 15.3. The number of carbonyl (C=O) groups is 2. The van der Waals surface area contributed by atoms with Crippen LogP contribution in [0, 0.1) is 19.8 Å². The Kier molecular flexibility index (Phi) is 10.2. The number of hydrogen-bond donors (Lipinski definition) is 3. The number of para-hydroxylation sites is 1. The summed E-state index contributed by atoms with van der Waals surface area (Å²) in [7, 11) is 2.04. The molecule has 46 heavy (non-hydrogen) atoms. The number of aliphatic hydroxyl groups is 1. The molecule has 0 fully saturated rings. The van der Waals surface area contributed by atoms with Gasteiger partial charge in [0.15, 0.2) is 5.76 Å². The van der Waals surface area contributed by atoms with Crippen LogP contribution in [0.3, 0.4) is 0 Å². The van der Waals surface area contributed by atoms with Crippen molar-refractivity contribution in [2.75, 3.05) is 37.4 Å². The van der Waals surface area contributed by atoms with Crippen molar-refractivity contribution in [3.8, 4) is 17.2 Å². The van der Waals surface area contributed by atoms with Crippen LogP contribution in [0.15, 0.2) is 77.3 Å². The van der Waals surface area contributed by atoms with E-state index in [-0.39, 0.29) is 24.5 Å². The van der Waals surface area contributed by atoms with Gasteiger partial charge in [-0.05, 0) is 75.8 Å². The Morgan fingerprint density at radius 2 is 1.80 bits per heavy atom. The van der Waals surface area contributed by atoms with E-state index in [9.17, 15) is 14.7 Å². The minimum Gasteiger partial charge on any atom is -0.488 e. The predicted molar refractivity (Wildman–Crippen MR) is 176 cm³/mol. The monoisotopic (exact) mass is 627 g/mol. The lowest BCUT2D eigenvalue weighted by atomic mass is 9.99. The molecule has 3 aromatic carbocycles. The van der Waals surface area contributed by atoms with Gasteiger partial charge >= 0.3 is 6.03 Å². The topological polar surface area (TPSA) is 129 Å². The maximum Gasteiger partial charge on any atom is 0.323 e. The van der Waals surface area contributed by atoms with E-state index >= 15 is 0 Å². The molecule has 0 radical (unpaired) electrons. The van der Waals surface area contributed by atoms with E-state index in [1.165, 1.54) is 0 Å². The van der Waals surface area contributed by atoms with E-state index in [2.05, 4.69) is 27.6 Å². The number of aromatic nitrogens is 1. The number of ether oxygens (including phenoxy) is 2. The second-order valence-corrected chi connectivity index (χ2v) is 11.9. The molecule has 1 aromatic heterocycles. The number of likely N-dealkylation sites (N-methyl/N-ethyl adjacent to an activating group) is 1. The van der Waals surface area contributed by atoms with Gasteiger partial charge in [-0.3, -0.25) is 9.69 Å². The number of amides is 3. The summed E-state index contributed by atoms with van der Waals surface area (Å²) in [6.45, 7) is 8.81. The van der Waals surface area contributed by atoms with Crippen molar-refractivity contribution in [3.05, 3.63) is 95.4 Å². The van der Waals surface area contributed by atoms with E-state index in [1.54, 1.807) is 36.9 Å². The van der Waals surface area contributed by atoms with Crippen LogP contribution in [0.2, 0.25) is 0 Å². The molecule has 4 aromatic rings. The molecule has 242 valence electrons. The minimum atomic E-state index is -0.498. The first-order chi connectivity index (χ1) is 22.1. The van der Waals surface area contributed by atoms with Gasteiger partial charge in [-0.1, -0.05) is 42.4 Å². The van der Waals surface area contributed by atoms with Gasteiger partial charge in [0.2, 0.25) is 0 Å². The summed E-state index contributed by atoms with van der Waals surface area (Å²) in [5.41, 5.74) is 2.89. The summed E-state index contributed by atoms with van der Waals surface area (Å²) < 4.78 is 17.6. The fourth-order valence-electron chi connectivity index (χ4n) is 5.43. The molecule has 5 rings (SSSR count). The number of hydrogen-bond acceptors (Lipinski definition) is 8. The number of benzene rings is 3. The summed E-state index contributed by atoms with van der Waals surface area (Å²) in [4.78, 5) is 30.4. The van der Waals surface area contributed by atoms with Gasteiger partial charge in [0.05, 0.1) is 18.2 Å². The first-order valence-electron chi connectivity index (χ1n) is 15.3. The molecular formula is C35H41N5O6. The third kappa shape index (κ3) is 7.85. The molecule has 3 atom stereocenters. The third-order valence-electron chi connectivity index (χ3n) is 8.04. The highest BCUT2D eigenvalue weighted by atomic mass is 16.5. The van der Waals surface area contributed by atoms with Crippen LogP contribution >= 0.6 is 0 Å². The Labute approximate surface area is 269 Å². The van der Waals surface area contributed by atoms with Crippen molar-refractivity contribution in [1.82, 2.24) is 15.0 Å². The van der Waals surface area contributed by atoms with E-state index in [0.29, 0.717) is 53.8 Å². The highest BCUT2D eigenvalue weighted by Crippen LogP contribution is 2.31. The second-order valence-electron chi connectivity index (χ2n) is 11.9. The first kappa shape index (κ1) is 32.5. The van der Waals surface area contributed by atoms with Crippen molar-refractivity contribution in [2.45, 2.75) is 46.4 Å². The summed E-state index contributed by atoms with van der Waals surface area (Å²) >= 11 is 0. The number of aryl methyl sites for hydroxylation is 2. The molecule has 1 aliphatic heterocycles. The summed E-state index contributed by atoms with van der Waals surface area (Å²) in [5, 5.41) is 19.4. The Morgan fingerprint density at radius 3 is 2.48 bits per heavy atom. The Balaban J connectivity index is 1.30. The number of nitrogens with one attached hydrogen (secondary N) is 2. The lowest BCUT2D eigenvalue weighted by Gasteiger charge is -2.38. The zero-order chi connectivity index (χ0) is 32.8. The Hall–Kier alpha value is -4.87. The lowest BCUT2D eigenvalue weighted by molar-refractivity contribution is 0.0341. The average molecular weight is 628 g/mol. The number of nitrogens with zero attached hydrogens (tertiary/aromatic N) is 3. The van der Waals surface area contributed by atoms with Gasteiger partial charge < -0.3 is 34.6 Å². The quantitative estimate of drug-likeness (QED) is 0.193. The molecule has 1 aliphatic rings. The Bertz CT molecular complexity index is 1620. The molecule has 0 saturated carbocycles. The van der Waals surface area contributed by atoms with Gasteiger partial charge in [-0.25, -0.2) is 4.79 Å². The molecule has 0 bridgehead atoms. The number of fused-ring (bicyclic) bond motifs is 1. The predicted octanol–water partition coefficient (Wildman–Crippen LogP) is 6.08. The van der Waals surface area contributed by atoms with Gasteiger partial charge in [-0.2, -0.15) is 0 Å². The maximum atomic E-state index is 13.8. The lowest BCUT2D eigenvalue weighted by Crippen LogP contribution is -2.49. The van der Waals surface area contributed by atoms with Crippen LogP contribution in [-0.4, -0.2) is 70.9 Å². The SMILES string of the molecule is Cc1noc(C)c1NC(=O)Nc1ccc2c(c1)C(=O)N([C@H](C)CO)C[C@H](C)[C@H](CN(C)Cc1ccc(Oc3ccccc3)cc1)O2. The molecule has 2 heterocycles. The highest BCUT2D eigenvalue weighted by molar-refractivity contribution is 6.03. The largest absolute Gasteiger partial charge is 0.488 e. The van der Waals surface area contributed by atoms with Crippen LogP contribution < -0.4 is 20.1 Å². The molecule has 11 nitrogen and oxygen atoms in total. The fourth-order valence-corrected chi connectivity index (χ4v) is 5.43. The maximum absolute atomic E-state index is 13.8. The number of carbonyl (C=O) groups excluding carboxylic acids is 2. The smallest absolute Gasteiger partial charge is 0.323 e. The molecule has 0 spiro atoms. The summed E-state index contributed by atoms with van der Waals surface area (Å²) in [5.74, 6) is 2.15. The fraction of sp³-hybridized carbons (Fsp3) is 0.343. The standard InChI is InChI=1S/C35H41N5O6/c1-22-18-40(23(2)21-41)34(42)30-17-27(36-35(43)37-33-24(3)38-46-25(33)4)13-16-31(30)45-32(22)20-39(5)19-26-11-14-29(15-12-26)44-28-9-7-6-8-10-28/h6-17,22-23,32,41H,18-21H2,1-5H3,(H2,36,37,43)/t22-,23+,32-/m0/s1. The molecule has 11 heteroatoms. The summed E-state index contributed by atoms with van der Waals surface area (Å²) in [6, 6.07) is 21.8. The van der Waals surface area contributed by atoms with Gasteiger partial charge in [0.1, 0.15) is 34.7 Å². The highest BCUT2D eigenvalue weighted by Gasteiger charge is 2.33. The van der Waals surface area contributed by atoms with Crippen LogP contribution in [0.25, 0.3) is 0 Å². The van der Waals surface area contributed by atoms with Crippen molar-refractivity contribution >= 4 is 23.3 Å². The zero-order valence-corrected chi connectivity index (χ0v) is 26.8. The van der Waals surface area contributed by atoms with E-state index in [1.807, 2.05) is 68.6 Å². The van der Waals surface area contributed by atoms with E-state index in [4.69, 9.17) is 14.0 Å². The zero-order valence-electron chi connectivity index (χ0n) is 26.8. The van der Waals surface area contributed by atoms with Crippen LogP contribution in [0.4, 0.5) is 16.2 Å². The molecule has 3 amide bonds. The second kappa shape index (κ2) is 14.5. The van der Waals surface area contributed by atoms with Crippen LogP contribution in [0.5, 0.6) is 17.2 Å². The average Bonchev–Trinajstić information content (AvgIpc) is 3.36. The van der Waals surface area contributed by atoms with Crippen LogP contribution in [-0.2, 0) is 6.54 Å². The van der Waals surface area contributed by atoms with Crippen molar-refractivity contribution in [3.63, 3.8) is 0 Å². The third-order valence-corrected chi connectivity index (χ3v) is 8.04. The molecule has 0 saturated heterocycles. The Morgan fingerprint density at radius 1 is 1.09 bits per heavy atom. The van der Waals surface area contributed by atoms with Gasteiger partial charge in [0.25, 0.3) is 5.91 Å². The van der Waals surface area contributed by atoms with Crippen molar-refractivity contribution < 1.29 is 28.7 Å².